The van der Waals surface area contributed by atoms with Crippen molar-refractivity contribution in [2.45, 2.75) is 0 Å². The molecule has 3 aromatic rings. The lowest BCUT2D eigenvalue weighted by Crippen LogP contribution is -2.05. The predicted molar refractivity (Wildman–Crippen MR) is 85.0 cm³/mol. The van der Waals surface area contributed by atoms with Crippen molar-refractivity contribution in [2.24, 2.45) is 0 Å². The molecule has 0 aliphatic rings. The van der Waals surface area contributed by atoms with Crippen LogP contribution in [0.5, 0.6) is 0 Å². The predicted octanol–water partition coefficient (Wildman–Crippen LogP) is 3.52. The van der Waals surface area contributed by atoms with Gasteiger partial charge in [-0.1, -0.05) is 60.7 Å². The molecular weight excluding hydrogens is 296 g/mol. The lowest BCUT2D eigenvalue weighted by molar-refractivity contribution is -0.383. The zero-order chi connectivity index (χ0) is 16.2. The first-order chi connectivity index (χ1) is 11.2. The van der Waals surface area contributed by atoms with Crippen LogP contribution in [0.25, 0.3) is 22.5 Å². The van der Waals surface area contributed by atoms with E-state index in [4.69, 9.17) is 5.21 Å². The van der Waals surface area contributed by atoms with Crippen LogP contribution in [0.3, 0.4) is 0 Å². The van der Waals surface area contributed by atoms with Gasteiger partial charge in [-0.05, 0) is 0 Å². The summed E-state index contributed by atoms with van der Waals surface area (Å²) in [5, 5.41) is 20.8. The molecule has 1 aromatic heterocycles. The Bertz CT molecular complexity index is 778. The third kappa shape index (κ3) is 2.85. The van der Waals surface area contributed by atoms with Crippen LogP contribution in [-0.2, 0) is 0 Å². The molecule has 0 spiro atoms. The monoisotopic (exact) mass is 308 g/mol. The Kier molecular flexibility index (Phi) is 3.94. The highest BCUT2D eigenvalue weighted by Gasteiger charge is 2.26. The molecule has 0 fully saturated rings. The first-order valence-electron chi connectivity index (χ1n) is 6.78. The van der Waals surface area contributed by atoms with E-state index in [0.29, 0.717) is 11.1 Å². The van der Waals surface area contributed by atoms with Crippen LogP contribution in [0.2, 0.25) is 0 Å². The summed E-state index contributed by atoms with van der Waals surface area (Å²) < 4.78 is 0. The second kappa shape index (κ2) is 6.20. The maximum Gasteiger partial charge on any atom is 0.321 e. The molecule has 7 nitrogen and oxygen atoms in total. The van der Waals surface area contributed by atoms with Crippen LogP contribution in [0.4, 0.5) is 11.6 Å². The smallest absolute Gasteiger partial charge is 0.288 e. The molecule has 0 atom stereocenters. The van der Waals surface area contributed by atoms with Crippen molar-refractivity contribution >= 4 is 11.6 Å². The van der Waals surface area contributed by atoms with E-state index in [-0.39, 0.29) is 23.0 Å². The molecule has 0 unspecified atom stereocenters. The zero-order valence-corrected chi connectivity index (χ0v) is 11.9. The fourth-order valence-electron chi connectivity index (χ4n) is 2.27. The lowest BCUT2D eigenvalue weighted by atomic mass is 10.1. The molecule has 0 bridgehead atoms. The number of nitrogens with one attached hydrogen (secondary N) is 1. The standard InChI is InChI=1S/C16H12N4O3/c21-19-16-17-13(11-7-3-1-4-8-11)15(20(22)23)14(18-16)12-9-5-2-6-10-12/h1-10,21H,(H,17,18,19). The maximum atomic E-state index is 11.6. The SMILES string of the molecule is O=[N+]([O-])c1c(-c2ccccc2)nc(NO)nc1-c1ccccc1. The van der Waals surface area contributed by atoms with Gasteiger partial charge in [0.15, 0.2) is 11.4 Å². The van der Waals surface area contributed by atoms with Gasteiger partial charge in [0.1, 0.15) is 0 Å². The lowest BCUT2D eigenvalue weighted by Gasteiger charge is -2.09. The highest BCUT2D eigenvalue weighted by molar-refractivity contribution is 5.82. The summed E-state index contributed by atoms with van der Waals surface area (Å²) in [5.74, 6) is -0.103. The average Bonchev–Trinajstić information content (AvgIpc) is 2.62. The Hall–Kier alpha value is -3.32. The van der Waals surface area contributed by atoms with Gasteiger partial charge in [0, 0.05) is 11.1 Å². The van der Waals surface area contributed by atoms with E-state index < -0.39 is 4.92 Å². The van der Waals surface area contributed by atoms with Crippen molar-refractivity contribution in [3.63, 3.8) is 0 Å². The molecule has 2 aromatic carbocycles. The van der Waals surface area contributed by atoms with Crippen LogP contribution < -0.4 is 5.48 Å². The van der Waals surface area contributed by atoms with Gasteiger partial charge < -0.3 is 0 Å². The van der Waals surface area contributed by atoms with Gasteiger partial charge in [0.2, 0.25) is 5.95 Å². The summed E-state index contributed by atoms with van der Waals surface area (Å²) in [5.41, 5.74) is 3.07. The molecule has 0 saturated carbocycles. The molecule has 1 heterocycles. The minimum Gasteiger partial charge on any atom is -0.288 e. The van der Waals surface area contributed by atoms with E-state index in [1.54, 1.807) is 60.7 Å². The van der Waals surface area contributed by atoms with Crippen LogP contribution in [0.15, 0.2) is 60.7 Å². The van der Waals surface area contributed by atoms with Gasteiger partial charge in [-0.25, -0.2) is 15.4 Å². The molecule has 3 rings (SSSR count). The van der Waals surface area contributed by atoms with Crippen LogP contribution in [-0.4, -0.2) is 20.1 Å². The third-order valence-corrected chi connectivity index (χ3v) is 3.26. The van der Waals surface area contributed by atoms with Gasteiger partial charge in [-0.15, -0.1) is 0 Å². The number of aromatic nitrogens is 2. The molecule has 0 aliphatic heterocycles. The largest absolute Gasteiger partial charge is 0.321 e. The van der Waals surface area contributed by atoms with E-state index in [2.05, 4.69) is 9.97 Å². The second-order valence-electron chi connectivity index (χ2n) is 4.69. The highest BCUT2D eigenvalue weighted by Crippen LogP contribution is 2.36. The number of hydrogen-bond donors (Lipinski definition) is 2. The fourth-order valence-corrected chi connectivity index (χ4v) is 2.27. The Labute approximate surface area is 131 Å². The van der Waals surface area contributed by atoms with Crippen molar-refractivity contribution in [2.75, 3.05) is 5.48 Å². The number of nitrogens with zero attached hydrogens (tertiary/aromatic N) is 3. The minimum absolute atomic E-state index is 0.103. The van der Waals surface area contributed by atoms with Crippen molar-refractivity contribution < 1.29 is 10.1 Å². The van der Waals surface area contributed by atoms with E-state index in [1.165, 1.54) is 0 Å². The van der Waals surface area contributed by atoms with Gasteiger partial charge in [-0.3, -0.25) is 15.3 Å². The number of rotatable bonds is 4. The van der Waals surface area contributed by atoms with Crippen LogP contribution in [0, 0.1) is 10.1 Å². The zero-order valence-electron chi connectivity index (χ0n) is 11.9. The molecule has 7 heteroatoms. The summed E-state index contributed by atoms with van der Waals surface area (Å²) in [6.07, 6.45) is 0. The van der Waals surface area contributed by atoms with Gasteiger partial charge in [0.25, 0.3) is 0 Å². The first kappa shape index (κ1) is 14.6. The molecule has 0 radical (unpaired) electrons. The minimum atomic E-state index is -0.508. The Morgan fingerprint density at radius 2 is 1.30 bits per heavy atom. The number of nitro groups is 1. The van der Waals surface area contributed by atoms with Crippen LogP contribution >= 0.6 is 0 Å². The highest BCUT2D eigenvalue weighted by atomic mass is 16.6. The summed E-state index contributed by atoms with van der Waals surface area (Å²) in [4.78, 5) is 19.2. The maximum absolute atomic E-state index is 11.6. The summed E-state index contributed by atoms with van der Waals surface area (Å²) in [6.45, 7) is 0. The van der Waals surface area contributed by atoms with Crippen LogP contribution in [0.1, 0.15) is 0 Å². The van der Waals surface area contributed by atoms with Crippen molar-refractivity contribution in [3.05, 3.63) is 70.8 Å². The van der Waals surface area contributed by atoms with E-state index in [9.17, 15) is 10.1 Å². The Morgan fingerprint density at radius 1 is 0.870 bits per heavy atom. The summed E-state index contributed by atoms with van der Waals surface area (Å²) >= 11 is 0. The molecule has 23 heavy (non-hydrogen) atoms. The number of hydrogen-bond acceptors (Lipinski definition) is 6. The molecular formula is C16H12N4O3. The average molecular weight is 308 g/mol. The third-order valence-electron chi connectivity index (χ3n) is 3.26. The van der Waals surface area contributed by atoms with Crippen molar-refractivity contribution in [1.82, 2.24) is 9.97 Å². The summed E-state index contributed by atoms with van der Waals surface area (Å²) in [6, 6.07) is 17.5. The fraction of sp³-hybridized carbons (Fsp3) is 0. The summed E-state index contributed by atoms with van der Waals surface area (Å²) in [7, 11) is 0. The van der Waals surface area contributed by atoms with Gasteiger partial charge in [-0.2, -0.15) is 0 Å². The molecule has 2 N–H and O–H groups in total. The number of benzene rings is 2. The normalized spacial score (nSPS) is 10.3. The second-order valence-corrected chi connectivity index (χ2v) is 4.69. The molecule has 0 amide bonds. The van der Waals surface area contributed by atoms with Crippen molar-refractivity contribution in [1.29, 1.82) is 0 Å². The van der Waals surface area contributed by atoms with E-state index in [0.717, 1.165) is 0 Å². The van der Waals surface area contributed by atoms with Gasteiger partial charge >= 0.3 is 5.69 Å². The van der Waals surface area contributed by atoms with Crippen molar-refractivity contribution in [3.8, 4) is 22.5 Å². The topological polar surface area (TPSA) is 101 Å². The first-order valence-corrected chi connectivity index (χ1v) is 6.78. The Morgan fingerprint density at radius 3 is 1.65 bits per heavy atom. The quantitative estimate of drug-likeness (QED) is 0.565. The molecule has 114 valence electrons. The Balaban J connectivity index is 2.33. The molecule has 0 saturated heterocycles. The number of anilines is 1. The van der Waals surface area contributed by atoms with Gasteiger partial charge in [0.05, 0.1) is 4.92 Å². The van der Waals surface area contributed by atoms with E-state index in [1.807, 2.05) is 5.48 Å². The van der Waals surface area contributed by atoms with E-state index >= 15 is 0 Å². The molecule has 0 aliphatic carbocycles.